The van der Waals surface area contributed by atoms with Gasteiger partial charge >= 0.3 is 0 Å². The van der Waals surface area contributed by atoms with Gasteiger partial charge in [-0.25, -0.2) is 4.98 Å². The van der Waals surface area contributed by atoms with Crippen LogP contribution in [-0.2, 0) is 6.42 Å². The summed E-state index contributed by atoms with van der Waals surface area (Å²) in [6, 6.07) is 5.00. The molecule has 1 atom stereocenters. The minimum atomic E-state index is 0.240. The molecule has 0 bridgehead atoms. The number of aromatic nitrogens is 1. The van der Waals surface area contributed by atoms with Gasteiger partial charge in [0.05, 0.1) is 0 Å². The van der Waals surface area contributed by atoms with Gasteiger partial charge in [0.15, 0.2) is 0 Å². The second kappa shape index (κ2) is 7.49. The highest BCUT2D eigenvalue weighted by atomic mass is 15.2. The maximum absolute atomic E-state index is 5.98. The van der Waals surface area contributed by atoms with Crippen LogP contribution in [0.2, 0.25) is 0 Å². The zero-order chi connectivity index (χ0) is 14.4. The van der Waals surface area contributed by atoms with Crippen molar-refractivity contribution in [2.75, 3.05) is 11.4 Å². The molecule has 3 heteroatoms. The lowest BCUT2D eigenvalue weighted by atomic mass is 10.1. The maximum atomic E-state index is 5.98. The highest BCUT2D eigenvalue weighted by molar-refractivity contribution is 5.40. The van der Waals surface area contributed by atoms with Crippen molar-refractivity contribution in [2.24, 2.45) is 11.7 Å². The molecular formula is C16H29N3. The van der Waals surface area contributed by atoms with Crippen LogP contribution in [-0.4, -0.2) is 23.6 Å². The Hall–Kier alpha value is -1.09. The zero-order valence-corrected chi connectivity index (χ0v) is 13.1. The lowest BCUT2D eigenvalue weighted by Gasteiger charge is -2.29. The maximum Gasteiger partial charge on any atom is 0.128 e. The van der Waals surface area contributed by atoms with E-state index in [1.165, 1.54) is 5.56 Å². The summed E-state index contributed by atoms with van der Waals surface area (Å²) in [6.07, 6.45) is 3.89. The van der Waals surface area contributed by atoms with Gasteiger partial charge in [-0.1, -0.05) is 26.8 Å². The standard InChI is InChI=1S/C16H29N3/c1-6-15(17)9-14-7-8-16(18-10-14)19(13(4)5)11-12(2)3/h7-8,10,12-13,15H,6,9,11,17H2,1-5H3. The molecule has 0 radical (unpaired) electrons. The molecule has 0 aliphatic heterocycles. The normalized spacial score (nSPS) is 13.1. The molecule has 0 fully saturated rings. The van der Waals surface area contributed by atoms with E-state index in [-0.39, 0.29) is 6.04 Å². The summed E-state index contributed by atoms with van der Waals surface area (Å²) in [6.45, 7) is 12.1. The van der Waals surface area contributed by atoms with Gasteiger partial charge in [-0.05, 0) is 44.2 Å². The molecule has 0 saturated heterocycles. The van der Waals surface area contributed by atoms with Crippen LogP contribution in [0.3, 0.4) is 0 Å². The van der Waals surface area contributed by atoms with E-state index in [9.17, 15) is 0 Å². The molecule has 0 aliphatic carbocycles. The van der Waals surface area contributed by atoms with Crippen LogP contribution >= 0.6 is 0 Å². The van der Waals surface area contributed by atoms with E-state index in [4.69, 9.17) is 5.73 Å². The molecule has 1 unspecified atom stereocenters. The van der Waals surface area contributed by atoms with Crippen LogP contribution < -0.4 is 10.6 Å². The van der Waals surface area contributed by atoms with Crippen molar-refractivity contribution in [3.63, 3.8) is 0 Å². The van der Waals surface area contributed by atoms with Gasteiger partial charge in [0.1, 0.15) is 5.82 Å². The molecule has 3 nitrogen and oxygen atoms in total. The van der Waals surface area contributed by atoms with E-state index in [1.807, 2.05) is 6.20 Å². The van der Waals surface area contributed by atoms with E-state index >= 15 is 0 Å². The number of nitrogens with zero attached hydrogens (tertiary/aromatic N) is 2. The summed E-state index contributed by atoms with van der Waals surface area (Å²) in [5, 5.41) is 0. The van der Waals surface area contributed by atoms with Crippen molar-refractivity contribution >= 4 is 5.82 Å². The fourth-order valence-electron chi connectivity index (χ4n) is 2.12. The molecule has 0 aliphatic rings. The number of rotatable bonds is 7. The van der Waals surface area contributed by atoms with Crippen LogP contribution in [0.15, 0.2) is 18.3 Å². The fraction of sp³-hybridized carbons (Fsp3) is 0.688. The molecule has 1 rings (SSSR count). The van der Waals surface area contributed by atoms with Gasteiger partial charge in [0.2, 0.25) is 0 Å². The zero-order valence-electron chi connectivity index (χ0n) is 13.1. The molecule has 0 spiro atoms. The molecule has 1 heterocycles. The highest BCUT2D eigenvalue weighted by Crippen LogP contribution is 2.17. The van der Waals surface area contributed by atoms with Crippen molar-refractivity contribution < 1.29 is 0 Å². The van der Waals surface area contributed by atoms with Gasteiger partial charge in [0, 0.05) is 24.8 Å². The van der Waals surface area contributed by atoms with Crippen molar-refractivity contribution in [3.8, 4) is 0 Å². The van der Waals surface area contributed by atoms with Gasteiger partial charge in [-0.2, -0.15) is 0 Å². The van der Waals surface area contributed by atoms with Gasteiger partial charge in [0.25, 0.3) is 0 Å². The third-order valence-corrected chi connectivity index (χ3v) is 3.31. The average molecular weight is 263 g/mol. The minimum Gasteiger partial charge on any atom is -0.354 e. The Morgan fingerprint density at radius 1 is 1.21 bits per heavy atom. The number of hydrogen-bond donors (Lipinski definition) is 1. The van der Waals surface area contributed by atoms with E-state index < -0.39 is 0 Å². The third kappa shape index (κ3) is 5.19. The fourth-order valence-corrected chi connectivity index (χ4v) is 2.12. The molecule has 0 saturated carbocycles. The highest BCUT2D eigenvalue weighted by Gasteiger charge is 2.13. The molecule has 0 aromatic carbocycles. The van der Waals surface area contributed by atoms with Crippen LogP contribution in [0.25, 0.3) is 0 Å². The van der Waals surface area contributed by atoms with Crippen LogP contribution in [0, 0.1) is 5.92 Å². The van der Waals surface area contributed by atoms with E-state index in [0.717, 1.165) is 25.2 Å². The molecule has 1 aromatic heterocycles. The molecule has 2 N–H and O–H groups in total. The number of nitrogens with two attached hydrogens (primary N) is 1. The lowest BCUT2D eigenvalue weighted by molar-refractivity contribution is 0.565. The van der Waals surface area contributed by atoms with Crippen molar-refractivity contribution in [1.29, 1.82) is 0 Å². The van der Waals surface area contributed by atoms with Crippen molar-refractivity contribution in [3.05, 3.63) is 23.9 Å². The molecule has 19 heavy (non-hydrogen) atoms. The minimum absolute atomic E-state index is 0.240. The van der Waals surface area contributed by atoms with Gasteiger partial charge < -0.3 is 10.6 Å². The first kappa shape index (κ1) is 16.0. The van der Waals surface area contributed by atoms with E-state index in [2.05, 4.69) is 56.6 Å². The Kier molecular flexibility index (Phi) is 6.29. The van der Waals surface area contributed by atoms with Gasteiger partial charge in [-0.15, -0.1) is 0 Å². The van der Waals surface area contributed by atoms with E-state index in [0.29, 0.717) is 12.0 Å². The first-order chi connectivity index (χ1) is 8.93. The quantitative estimate of drug-likeness (QED) is 0.821. The predicted octanol–water partition coefficient (Wildman–Crippen LogP) is 3.23. The number of hydrogen-bond acceptors (Lipinski definition) is 3. The molecule has 0 amide bonds. The van der Waals surface area contributed by atoms with Crippen LogP contribution in [0.5, 0.6) is 0 Å². The second-order valence-electron chi connectivity index (χ2n) is 6.04. The van der Waals surface area contributed by atoms with Crippen LogP contribution in [0.1, 0.15) is 46.6 Å². The number of pyridine rings is 1. The van der Waals surface area contributed by atoms with Crippen LogP contribution in [0.4, 0.5) is 5.82 Å². The van der Waals surface area contributed by atoms with Gasteiger partial charge in [-0.3, -0.25) is 0 Å². The first-order valence-electron chi connectivity index (χ1n) is 7.41. The van der Waals surface area contributed by atoms with E-state index in [1.54, 1.807) is 0 Å². The predicted molar refractivity (Wildman–Crippen MR) is 83.5 cm³/mol. The summed E-state index contributed by atoms with van der Waals surface area (Å²) < 4.78 is 0. The Morgan fingerprint density at radius 2 is 1.89 bits per heavy atom. The average Bonchev–Trinajstić information content (AvgIpc) is 2.36. The summed E-state index contributed by atoms with van der Waals surface area (Å²) in [5.74, 6) is 1.70. The smallest absolute Gasteiger partial charge is 0.128 e. The monoisotopic (exact) mass is 263 g/mol. The Balaban J connectivity index is 2.77. The number of anilines is 1. The second-order valence-corrected chi connectivity index (χ2v) is 6.04. The van der Waals surface area contributed by atoms with Crippen molar-refractivity contribution in [1.82, 2.24) is 4.98 Å². The summed E-state index contributed by atoms with van der Waals surface area (Å²) >= 11 is 0. The topological polar surface area (TPSA) is 42.1 Å². The summed E-state index contributed by atoms with van der Waals surface area (Å²) in [5.41, 5.74) is 7.21. The molecule has 1 aromatic rings. The summed E-state index contributed by atoms with van der Waals surface area (Å²) in [7, 11) is 0. The lowest BCUT2D eigenvalue weighted by Crippen LogP contribution is -2.34. The Labute approximate surface area is 118 Å². The van der Waals surface area contributed by atoms with Crippen molar-refractivity contribution in [2.45, 2.75) is 59.5 Å². The summed E-state index contributed by atoms with van der Waals surface area (Å²) in [4.78, 5) is 6.97. The largest absolute Gasteiger partial charge is 0.354 e. The Morgan fingerprint density at radius 3 is 2.32 bits per heavy atom. The third-order valence-electron chi connectivity index (χ3n) is 3.31. The molecule has 108 valence electrons. The first-order valence-corrected chi connectivity index (χ1v) is 7.41. The Bertz CT molecular complexity index is 357. The SMILES string of the molecule is CCC(N)Cc1ccc(N(CC(C)C)C(C)C)nc1. The molecular weight excluding hydrogens is 234 g/mol.